The van der Waals surface area contributed by atoms with Crippen LogP contribution in [0.15, 0.2) is 89.8 Å². The van der Waals surface area contributed by atoms with E-state index in [9.17, 15) is 8.42 Å². The third-order valence-corrected chi connectivity index (χ3v) is 9.08. The fourth-order valence-electron chi connectivity index (χ4n) is 4.68. The number of rotatable bonds is 8. The molecule has 42 heavy (non-hydrogen) atoms. The number of hydrogen-bond donors (Lipinski definition) is 1. The molecule has 1 heterocycles. The van der Waals surface area contributed by atoms with Gasteiger partial charge in [0.25, 0.3) is 0 Å². The molecule has 8 nitrogen and oxygen atoms in total. The maximum atomic E-state index is 14.2. The number of anilines is 1. The topological polar surface area (TPSA) is 86.3 Å². The Morgan fingerprint density at radius 2 is 1.48 bits per heavy atom. The Hall–Kier alpha value is -3.76. The van der Waals surface area contributed by atoms with Gasteiger partial charge in [-0.2, -0.15) is 4.31 Å². The third kappa shape index (κ3) is 7.17. The fourth-order valence-corrected chi connectivity index (χ4v) is 6.32. The standard InChI is InChI=1S/C32H33ClN2O6S/c1-38-28-9-3-23(4-10-28)19-35(20-24-5-11-29(39-2)12-6-24)42(36,37)30-13-14-32-31(18-30)34-22-40-16-15-25-17-27(33)8-7-26(25)21-41-32/h3-14,17-18,34H,15-16,19-22H2,1-2H3. The van der Waals surface area contributed by atoms with E-state index >= 15 is 0 Å². The van der Waals surface area contributed by atoms with Gasteiger partial charge in [0.1, 0.15) is 30.6 Å². The van der Waals surface area contributed by atoms with E-state index in [4.69, 9.17) is 30.5 Å². The average Bonchev–Trinajstić information content (AvgIpc) is 3.04. The first kappa shape index (κ1) is 29.7. The highest BCUT2D eigenvalue weighted by molar-refractivity contribution is 7.89. The van der Waals surface area contributed by atoms with E-state index in [0.29, 0.717) is 47.6 Å². The summed E-state index contributed by atoms with van der Waals surface area (Å²) in [6.45, 7) is 1.32. The lowest BCUT2D eigenvalue weighted by atomic mass is 10.1. The number of benzene rings is 4. The first-order valence-electron chi connectivity index (χ1n) is 13.5. The van der Waals surface area contributed by atoms with Gasteiger partial charge in [0.05, 0.1) is 31.4 Å². The van der Waals surface area contributed by atoms with Gasteiger partial charge < -0.3 is 24.3 Å². The van der Waals surface area contributed by atoms with Crippen LogP contribution in [0.5, 0.6) is 17.2 Å². The van der Waals surface area contributed by atoms with Crippen LogP contribution in [-0.2, 0) is 40.9 Å². The predicted octanol–water partition coefficient (Wildman–Crippen LogP) is 6.27. The molecule has 4 aromatic carbocycles. The minimum Gasteiger partial charge on any atom is -0.497 e. The maximum absolute atomic E-state index is 14.2. The summed E-state index contributed by atoms with van der Waals surface area (Å²) < 4.78 is 52.3. The van der Waals surface area contributed by atoms with E-state index in [0.717, 1.165) is 22.3 Å². The predicted molar refractivity (Wildman–Crippen MR) is 163 cm³/mol. The van der Waals surface area contributed by atoms with Gasteiger partial charge in [-0.05, 0) is 83.3 Å². The highest BCUT2D eigenvalue weighted by Gasteiger charge is 2.26. The van der Waals surface area contributed by atoms with Crippen molar-refractivity contribution >= 4 is 27.3 Å². The number of sulfonamides is 1. The Balaban J connectivity index is 1.45. The number of nitrogens with zero attached hydrogens (tertiary/aromatic N) is 1. The van der Waals surface area contributed by atoms with Crippen molar-refractivity contribution in [2.24, 2.45) is 0 Å². The van der Waals surface area contributed by atoms with Crippen LogP contribution in [0.4, 0.5) is 5.69 Å². The van der Waals surface area contributed by atoms with E-state index < -0.39 is 10.0 Å². The molecule has 1 N–H and O–H groups in total. The molecule has 0 saturated carbocycles. The van der Waals surface area contributed by atoms with Crippen molar-refractivity contribution in [1.29, 1.82) is 0 Å². The summed E-state index contributed by atoms with van der Waals surface area (Å²) in [5, 5.41) is 3.85. The Kier molecular flexibility index (Phi) is 9.54. The molecule has 220 valence electrons. The molecule has 0 atom stereocenters. The van der Waals surface area contributed by atoms with Crippen LogP contribution >= 0.6 is 11.6 Å². The van der Waals surface area contributed by atoms with Crippen molar-refractivity contribution in [3.63, 3.8) is 0 Å². The van der Waals surface area contributed by atoms with Gasteiger partial charge in [-0.3, -0.25) is 0 Å². The Bertz CT molecular complexity index is 1560. The van der Waals surface area contributed by atoms with Crippen molar-refractivity contribution in [1.82, 2.24) is 4.31 Å². The second-order valence-corrected chi connectivity index (χ2v) is 12.2. The van der Waals surface area contributed by atoms with Gasteiger partial charge in [0.2, 0.25) is 10.0 Å². The quantitative estimate of drug-likeness (QED) is 0.252. The summed E-state index contributed by atoms with van der Waals surface area (Å²) in [4.78, 5) is 0.140. The summed E-state index contributed by atoms with van der Waals surface area (Å²) in [5.41, 5.74) is 4.24. The lowest BCUT2D eigenvalue weighted by molar-refractivity contribution is 0.155. The molecule has 0 fully saturated rings. The number of ether oxygens (including phenoxy) is 4. The van der Waals surface area contributed by atoms with Crippen LogP contribution in [0.2, 0.25) is 5.02 Å². The van der Waals surface area contributed by atoms with Gasteiger partial charge in [-0.15, -0.1) is 0 Å². The van der Waals surface area contributed by atoms with Crippen LogP contribution in [-0.4, -0.2) is 40.3 Å². The molecule has 0 aliphatic carbocycles. The number of nitrogens with one attached hydrogen (secondary N) is 1. The molecule has 0 amide bonds. The van der Waals surface area contributed by atoms with Crippen LogP contribution in [0.1, 0.15) is 22.3 Å². The average molecular weight is 609 g/mol. The van der Waals surface area contributed by atoms with E-state index in [1.165, 1.54) is 4.31 Å². The molecule has 0 saturated heterocycles. The fraction of sp³-hybridized carbons (Fsp3) is 0.250. The Morgan fingerprint density at radius 3 is 2.10 bits per heavy atom. The first-order valence-corrected chi connectivity index (χ1v) is 15.3. The van der Waals surface area contributed by atoms with Crippen LogP contribution in [0.3, 0.4) is 0 Å². The van der Waals surface area contributed by atoms with Crippen molar-refractivity contribution in [3.05, 3.63) is 112 Å². The van der Waals surface area contributed by atoms with Gasteiger partial charge in [-0.25, -0.2) is 8.42 Å². The molecule has 0 radical (unpaired) electrons. The van der Waals surface area contributed by atoms with Gasteiger partial charge in [0.15, 0.2) is 0 Å². The van der Waals surface area contributed by atoms with Gasteiger partial charge >= 0.3 is 0 Å². The molecule has 5 rings (SSSR count). The maximum Gasteiger partial charge on any atom is 0.243 e. The molecule has 1 aliphatic rings. The van der Waals surface area contributed by atoms with Crippen molar-refractivity contribution in [2.75, 3.05) is 32.9 Å². The van der Waals surface area contributed by atoms with E-state index in [2.05, 4.69) is 5.32 Å². The molecular weight excluding hydrogens is 576 g/mol. The first-order chi connectivity index (χ1) is 20.4. The molecule has 10 heteroatoms. The van der Waals surface area contributed by atoms with Crippen LogP contribution in [0, 0.1) is 0 Å². The van der Waals surface area contributed by atoms with Crippen LogP contribution < -0.4 is 19.5 Å². The summed E-state index contributed by atoms with van der Waals surface area (Å²) in [6, 6.07) is 25.3. The molecule has 0 aromatic heterocycles. The molecule has 0 unspecified atom stereocenters. The normalized spacial score (nSPS) is 13.6. The number of fused-ring (bicyclic) bond motifs is 2. The van der Waals surface area contributed by atoms with E-state index in [1.54, 1.807) is 32.4 Å². The molecule has 4 aromatic rings. The van der Waals surface area contributed by atoms with E-state index in [1.807, 2.05) is 66.7 Å². The second-order valence-electron chi connectivity index (χ2n) is 9.81. The van der Waals surface area contributed by atoms with Gasteiger partial charge in [0, 0.05) is 18.1 Å². The highest BCUT2D eigenvalue weighted by Crippen LogP contribution is 2.32. The number of methoxy groups -OCH3 is 2. The Labute approximate surface area is 251 Å². The third-order valence-electron chi connectivity index (χ3n) is 7.06. The van der Waals surface area contributed by atoms with Gasteiger partial charge in [-0.1, -0.05) is 41.9 Å². The van der Waals surface area contributed by atoms with Crippen molar-refractivity contribution in [2.45, 2.75) is 31.0 Å². The van der Waals surface area contributed by atoms with Crippen molar-refractivity contribution in [3.8, 4) is 17.2 Å². The largest absolute Gasteiger partial charge is 0.497 e. The lowest BCUT2D eigenvalue weighted by Crippen LogP contribution is -2.30. The lowest BCUT2D eigenvalue weighted by Gasteiger charge is -2.24. The summed E-state index contributed by atoms with van der Waals surface area (Å²) >= 11 is 6.21. The molecular formula is C32H33ClN2O6S. The minimum atomic E-state index is -3.94. The monoisotopic (exact) mass is 608 g/mol. The smallest absolute Gasteiger partial charge is 0.243 e. The minimum absolute atomic E-state index is 0.140. The summed E-state index contributed by atoms with van der Waals surface area (Å²) in [6.07, 6.45) is 0.683. The molecule has 0 spiro atoms. The highest BCUT2D eigenvalue weighted by atomic mass is 35.5. The van der Waals surface area contributed by atoms with Crippen LogP contribution in [0.25, 0.3) is 0 Å². The van der Waals surface area contributed by atoms with Crippen molar-refractivity contribution < 1.29 is 27.4 Å². The zero-order valence-electron chi connectivity index (χ0n) is 23.5. The number of halogens is 1. The zero-order chi connectivity index (χ0) is 29.5. The molecule has 0 bridgehead atoms. The Morgan fingerprint density at radius 1 is 0.833 bits per heavy atom. The zero-order valence-corrected chi connectivity index (χ0v) is 25.1. The summed E-state index contributed by atoms with van der Waals surface area (Å²) in [5.74, 6) is 1.93. The SMILES string of the molecule is COc1ccc(CN(Cc2ccc(OC)cc2)S(=O)(=O)c2ccc3c(c2)NCOCCc2cc(Cl)ccc2CO3)cc1. The summed E-state index contributed by atoms with van der Waals surface area (Å²) in [7, 11) is -0.749. The number of hydrogen-bond acceptors (Lipinski definition) is 7. The second kappa shape index (κ2) is 13.5. The van der Waals surface area contributed by atoms with E-state index in [-0.39, 0.29) is 24.7 Å². The molecule has 1 aliphatic heterocycles.